The van der Waals surface area contributed by atoms with Crippen LogP contribution >= 0.6 is 11.6 Å². The fourth-order valence-electron chi connectivity index (χ4n) is 9.45. The number of hydrogen-bond acceptors (Lipinski definition) is 11. The molecule has 8 aliphatic rings. The van der Waals surface area contributed by atoms with Gasteiger partial charge in [-0.1, -0.05) is 11.6 Å². The number of amides is 2. The smallest absolute Gasteiger partial charge is 0.333 e. The summed E-state index contributed by atoms with van der Waals surface area (Å²) in [4.78, 5) is 95.9. The number of aryl methyl sites for hydroxylation is 1. The van der Waals surface area contributed by atoms with Crippen molar-refractivity contribution in [2.45, 2.75) is 114 Å². The van der Waals surface area contributed by atoms with Crippen molar-refractivity contribution in [3.8, 4) is 0 Å². The second kappa shape index (κ2) is 17.2. The normalized spacial score (nSPS) is 22.0. The molecule has 0 radical (unpaired) electrons. The number of nitrogens with zero attached hydrogens (tertiary/aromatic N) is 10. The van der Waals surface area contributed by atoms with Gasteiger partial charge in [0, 0.05) is 106 Å². The number of aliphatic imine (C=N–C) groups is 2. The molecule has 4 aromatic rings. The highest BCUT2D eigenvalue weighted by atomic mass is 35.5. The molecule has 8 heterocycles. The zero-order chi connectivity index (χ0) is 45.3. The predicted octanol–water partition coefficient (Wildman–Crippen LogP) is 3.99. The molecule has 0 bridgehead atoms. The van der Waals surface area contributed by atoms with Gasteiger partial charge >= 0.3 is 11.4 Å². The molecule has 0 aromatic carbocycles. The Labute approximate surface area is 379 Å². The second-order valence-electron chi connectivity index (χ2n) is 19.0. The van der Waals surface area contributed by atoms with Crippen molar-refractivity contribution in [1.82, 2.24) is 38.0 Å². The average molecular weight is 904 g/mol. The van der Waals surface area contributed by atoms with E-state index < -0.39 is 0 Å². The van der Waals surface area contributed by atoms with E-state index in [2.05, 4.69) is 15.0 Å². The van der Waals surface area contributed by atoms with Crippen LogP contribution in [0.15, 0.2) is 65.8 Å². The molecule has 2 amide bonds. The maximum absolute atomic E-state index is 13.1. The minimum atomic E-state index is -0.192. The third kappa shape index (κ3) is 8.72. The Hall–Kier alpha value is -5.81. The van der Waals surface area contributed by atoms with Gasteiger partial charge in [-0.25, -0.2) is 24.6 Å². The number of rotatable bonds is 10. The van der Waals surface area contributed by atoms with E-state index >= 15 is 0 Å². The monoisotopic (exact) mass is 903 g/mol. The fourth-order valence-corrected chi connectivity index (χ4v) is 9.57. The molecule has 0 spiro atoms. The zero-order valence-electron chi connectivity index (χ0n) is 36.8. The summed E-state index contributed by atoms with van der Waals surface area (Å²) >= 11 is 5.84. The summed E-state index contributed by atoms with van der Waals surface area (Å²) in [6, 6.07) is 8.07. The molecule has 4 saturated carbocycles. The number of aromatic nitrogens is 6. The summed E-state index contributed by atoms with van der Waals surface area (Å²) in [5.41, 5.74) is 10.3. The topological polar surface area (TPSA) is 205 Å². The van der Waals surface area contributed by atoms with E-state index in [1.165, 1.54) is 9.13 Å². The molecule has 4 aromatic heterocycles. The van der Waals surface area contributed by atoms with Gasteiger partial charge in [-0.2, -0.15) is 0 Å². The first kappa shape index (κ1) is 43.1. The zero-order valence-corrected chi connectivity index (χ0v) is 37.6. The highest BCUT2D eigenvalue weighted by Gasteiger charge is 2.39. The molecule has 2 saturated heterocycles. The van der Waals surface area contributed by atoms with E-state index in [4.69, 9.17) is 22.3 Å². The van der Waals surface area contributed by atoms with Crippen LogP contribution in [-0.4, -0.2) is 95.0 Å². The van der Waals surface area contributed by atoms with Crippen LogP contribution in [0.3, 0.4) is 0 Å². The lowest BCUT2D eigenvalue weighted by Crippen LogP contribution is -2.40. The van der Waals surface area contributed by atoms with Crippen LogP contribution in [0.1, 0.15) is 123 Å². The molecule has 17 nitrogen and oxygen atoms in total. The van der Waals surface area contributed by atoms with Gasteiger partial charge in [-0.15, -0.1) is 0 Å². The molecular weight excluding hydrogens is 850 g/mol. The number of likely N-dealkylation sites (tertiary alicyclic amines) is 2. The Kier molecular flexibility index (Phi) is 11.4. The van der Waals surface area contributed by atoms with Gasteiger partial charge < -0.3 is 15.5 Å². The average Bonchev–Trinajstić information content (AvgIpc) is 4.09. The summed E-state index contributed by atoms with van der Waals surface area (Å²) in [6.07, 6.45) is 15.0. The van der Waals surface area contributed by atoms with Crippen LogP contribution in [0.25, 0.3) is 0 Å². The van der Waals surface area contributed by atoms with Crippen LogP contribution in [0.5, 0.6) is 0 Å². The van der Waals surface area contributed by atoms with E-state index in [-0.39, 0.29) is 58.5 Å². The maximum atomic E-state index is 13.1. The lowest BCUT2D eigenvalue weighted by atomic mass is 10.0. The van der Waals surface area contributed by atoms with Crippen molar-refractivity contribution in [2.75, 3.05) is 33.7 Å². The number of hydrogen-bond donors (Lipinski definition) is 1. The quantitative estimate of drug-likeness (QED) is 0.228. The number of fused-ring (bicyclic) bond motifs is 2. The van der Waals surface area contributed by atoms with Gasteiger partial charge in [-0.05, 0) is 107 Å². The van der Waals surface area contributed by atoms with Gasteiger partial charge in [0.25, 0.3) is 11.1 Å². The number of halogens is 1. The van der Waals surface area contributed by atoms with Crippen LogP contribution in [0, 0.1) is 11.8 Å². The Bertz CT molecular complexity index is 2880. The largest absolute Gasteiger partial charge is 0.345 e. The summed E-state index contributed by atoms with van der Waals surface area (Å²) < 4.78 is 6.44. The molecule has 65 heavy (non-hydrogen) atoms. The molecule has 18 heteroatoms. The van der Waals surface area contributed by atoms with E-state index in [0.717, 1.165) is 106 Å². The molecule has 340 valence electrons. The van der Waals surface area contributed by atoms with Crippen molar-refractivity contribution in [2.24, 2.45) is 27.6 Å². The van der Waals surface area contributed by atoms with Gasteiger partial charge in [0.15, 0.2) is 0 Å². The molecule has 6 fully saturated rings. The Morgan fingerprint density at radius 3 is 1.42 bits per heavy atom. The van der Waals surface area contributed by atoms with Crippen LogP contribution in [0.2, 0.25) is 5.15 Å². The number of pyridine rings is 2. The first-order chi connectivity index (χ1) is 31.4. The Morgan fingerprint density at radius 1 is 0.600 bits per heavy atom. The van der Waals surface area contributed by atoms with Gasteiger partial charge in [0.1, 0.15) is 16.8 Å². The lowest BCUT2D eigenvalue weighted by Gasteiger charge is -2.12. The van der Waals surface area contributed by atoms with Crippen LogP contribution in [0.4, 0.5) is 11.6 Å². The fraction of sp³-hybridized carbons (Fsp3) is 0.532. The number of carbonyl (C=O) groups is 2. The summed E-state index contributed by atoms with van der Waals surface area (Å²) in [5.74, 6) is 2.37. The Morgan fingerprint density at radius 2 is 1.05 bits per heavy atom. The third-order valence-electron chi connectivity index (χ3n) is 13.8. The van der Waals surface area contributed by atoms with Crippen molar-refractivity contribution in [3.63, 3.8) is 0 Å². The summed E-state index contributed by atoms with van der Waals surface area (Å²) in [7, 11) is 3.68. The van der Waals surface area contributed by atoms with Crippen molar-refractivity contribution < 1.29 is 9.59 Å². The van der Waals surface area contributed by atoms with Crippen LogP contribution < -0.4 is 28.2 Å². The van der Waals surface area contributed by atoms with Gasteiger partial charge in [-0.3, -0.25) is 42.4 Å². The van der Waals surface area contributed by atoms with E-state index in [9.17, 15) is 28.8 Å². The third-order valence-corrected chi connectivity index (χ3v) is 14.0. The van der Waals surface area contributed by atoms with E-state index in [1.807, 2.05) is 38.5 Å². The van der Waals surface area contributed by atoms with Gasteiger partial charge in [0.05, 0.1) is 22.6 Å². The molecule has 2 N–H and O–H groups in total. The molecule has 4 aliphatic carbocycles. The van der Waals surface area contributed by atoms with E-state index in [0.29, 0.717) is 72.0 Å². The standard InChI is InChI=1S/C24H27N5O3.C17H15ClN4O2.C6H12N2O/c1-27-13-14(10-21(27)30)2-4-16-5-3-15(12-25-16)20-11-19-22(26-20)28(17-6-7-17)24(32)29(23(19)31)18-8-9-18;18-14-6-1-9(8-19-14)13-7-12-15(20-13)21(10-2-3-10)17(24)22(16(12)23)11-4-5-11;1-8-4-5(3-7)2-6(8)9/h3,5,12,14,17-18H,2,4,6-11,13H2,1H3;1,6,8,10-11H,2-5,7H2;5H,2-4,7H2,1H3. The number of nitrogens with two attached hydrogens (primary N) is 1. The SMILES string of the molecule is CN1CC(CCc2ccc(C3=Nc4c(c(=O)n(C5CC5)c(=O)n4C4CC4)C3)cn2)CC1=O.CN1CC(CN)CC1=O.O=c1c2c(n(C3CC3)c(=O)n1C1CC1)N=C(c1ccc(Cl)nc1)C2. The van der Waals surface area contributed by atoms with Crippen LogP contribution in [-0.2, 0) is 28.9 Å². The lowest BCUT2D eigenvalue weighted by molar-refractivity contribution is -0.127. The minimum absolute atomic E-state index is 0.0604. The first-order valence-electron chi connectivity index (χ1n) is 23.1. The molecule has 12 rings (SSSR count). The summed E-state index contributed by atoms with van der Waals surface area (Å²) in [6.45, 7) is 2.30. The highest BCUT2D eigenvalue weighted by Crippen LogP contribution is 2.42. The number of carbonyl (C=O) groups excluding carboxylic acids is 2. The maximum Gasteiger partial charge on any atom is 0.333 e. The van der Waals surface area contributed by atoms with Crippen molar-refractivity contribution in [3.05, 3.63) is 111 Å². The molecule has 2 atom stereocenters. The predicted molar refractivity (Wildman–Crippen MR) is 245 cm³/mol. The Balaban J connectivity index is 0.000000132. The van der Waals surface area contributed by atoms with Crippen molar-refractivity contribution in [1.29, 1.82) is 0 Å². The van der Waals surface area contributed by atoms with Gasteiger partial charge in [0.2, 0.25) is 11.8 Å². The first-order valence-corrected chi connectivity index (χ1v) is 23.4. The highest BCUT2D eigenvalue weighted by molar-refractivity contribution is 6.29. The molecule has 2 unspecified atom stereocenters. The second-order valence-corrected chi connectivity index (χ2v) is 19.4. The minimum Gasteiger partial charge on any atom is -0.345 e. The molecular formula is C47H54ClN11O6. The van der Waals surface area contributed by atoms with Crippen molar-refractivity contribution >= 4 is 46.5 Å². The van der Waals surface area contributed by atoms with E-state index in [1.54, 1.807) is 31.2 Å². The summed E-state index contributed by atoms with van der Waals surface area (Å²) in [5, 5.41) is 0.417. The molecule has 4 aliphatic heterocycles.